The van der Waals surface area contributed by atoms with Gasteiger partial charge in [-0.3, -0.25) is 0 Å². The molecule has 0 aromatic carbocycles. The van der Waals surface area contributed by atoms with E-state index in [1.807, 2.05) is 20.8 Å². The average Bonchev–Trinajstić information content (AvgIpc) is 3.75. The summed E-state index contributed by atoms with van der Waals surface area (Å²) in [5, 5.41) is 151. The quantitative estimate of drug-likeness (QED) is 0.0651. The van der Waals surface area contributed by atoms with Crippen LogP contribution >= 0.6 is 0 Å². The minimum Gasteiger partial charge on any atom is -0.394 e. The van der Waals surface area contributed by atoms with E-state index in [1.54, 1.807) is 0 Å². The summed E-state index contributed by atoms with van der Waals surface area (Å²) in [6.07, 6.45) is -22.6. The van der Waals surface area contributed by atoms with Gasteiger partial charge in [-0.2, -0.15) is 0 Å². The van der Waals surface area contributed by atoms with E-state index in [4.69, 9.17) is 37.9 Å². The summed E-state index contributed by atoms with van der Waals surface area (Å²) >= 11 is 0. The summed E-state index contributed by atoms with van der Waals surface area (Å²) in [4.78, 5) is 0. The van der Waals surface area contributed by atoms with E-state index in [1.165, 1.54) is 0 Å². The fourth-order valence-corrected chi connectivity index (χ4v) is 16.0. The molecule has 0 radical (unpaired) electrons. The molecule has 4 heterocycles. The topological polar surface area (TPSA) is 357 Å². The first-order valence-electron chi connectivity index (χ1n) is 27.3. The van der Waals surface area contributed by atoms with E-state index < -0.39 is 165 Å². The van der Waals surface area contributed by atoms with Gasteiger partial charge in [0.1, 0.15) is 91.6 Å². The first-order valence-corrected chi connectivity index (χ1v) is 27.3. The predicted octanol–water partition coefficient (Wildman–Crippen LogP) is -1.56. The van der Waals surface area contributed by atoms with Crippen molar-refractivity contribution in [2.75, 3.05) is 26.4 Å². The zero-order valence-corrected chi connectivity index (χ0v) is 44.7. The minimum atomic E-state index is -1.81. The molecular formula is C53H90O22. The van der Waals surface area contributed by atoms with E-state index >= 15 is 0 Å². The maximum atomic E-state index is 12.8. The molecule has 8 fully saturated rings. The lowest BCUT2D eigenvalue weighted by Gasteiger charge is -2.71. The van der Waals surface area contributed by atoms with Crippen molar-refractivity contribution in [3.8, 4) is 0 Å². The molecule has 75 heavy (non-hydrogen) atoms. The van der Waals surface area contributed by atoms with Crippen molar-refractivity contribution in [3.63, 3.8) is 0 Å². The number of aliphatic hydroxyl groups excluding tert-OH is 14. The van der Waals surface area contributed by atoms with E-state index in [2.05, 4.69) is 40.7 Å². The third kappa shape index (κ3) is 10.6. The molecule has 22 heteroatoms. The molecule has 434 valence electrons. The van der Waals surface area contributed by atoms with Crippen LogP contribution in [0.1, 0.15) is 113 Å². The molecule has 29 atom stereocenters. The highest BCUT2D eigenvalue weighted by Crippen LogP contribution is 2.76. The number of hydrogen-bond donors (Lipinski definition) is 14. The second-order valence-corrected chi connectivity index (χ2v) is 25.3. The molecule has 22 nitrogen and oxygen atoms in total. The van der Waals surface area contributed by atoms with Gasteiger partial charge >= 0.3 is 0 Å². The summed E-state index contributed by atoms with van der Waals surface area (Å²) in [6.45, 7) is 15.1. The summed E-state index contributed by atoms with van der Waals surface area (Å²) in [5.74, 6) is -0.395. The molecule has 8 rings (SSSR count). The van der Waals surface area contributed by atoms with E-state index in [0.717, 1.165) is 24.8 Å². The van der Waals surface area contributed by atoms with E-state index in [9.17, 15) is 71.5 Å². The van der Waals surface area contributed by atoms with Gasteiger partial charge in [-0.25, -0.2) is 0 Å². The van der Waals surface area contributed by atoms with Crippen LogP contribution in [0.4, 0.5) is 0 Å². The zero-order valence-electron chi connectivity index (χ0n) is 44.7. The Balaban J connectivity index is 1.01. The monoisotopic (exact) mass is 1080 g/mol. The molecule has 4 aliphatic carbocycles. The first kappa shape index (κ1) is 60.0. The second-order valence-electron chi connectivity index (χ2n) is 25.3. The number of fused-ring (bicyclic) bond motifs is 5. The largest absolute Gasteiger partial charge is 0.394 e. The lowest BCUT2D eigenvalue weighted by molar-refractivity contribution is -0.378. The Morgan fingerprint density at radius 1 is 0.587 bits per heavy atom. The lowest BCUT2D eigenvalue weighted by Crippen LogP contribution is -2.68. The highest BCUT2D eigenvalue weighted by molar-refractivity contribution is 5.20. The standard InChI is InChI=1S/C53H90O22/c1-23(2)10-9-14-53(8,75-47-43(67)39(63)37(61)29(72-47)22-69-45-41(65)34(58)26(57)21-68-45)24-11-16-52(7)33(24)25(56)18-31-50(5)15-13-32(49(3,4)30(50)12-17-51(31,52)6)73-48-44(40(64)36(60)28(20-55)71-48)74-46-42(66)38(62)35(59)27(19-54)70-46/h10,24-48,54-67H,9,11-22H2,1-8H3/t24-,25+,26+,27+,28+,29+,30+,31-,32-,33-,34-,35+,36+,37+,38-,39-,40-,41+,42+,43+,44+,45-,46-,47-,48-,50-,51+,52-,53+/m0/s1. The Bertz CT molecular complexity index is 1940. The lowest BCUT2D eigenvalue weighted by atomic mass is 9.35. The van der Waals surface area contributed by atoms with Gasteiger partial charge in [0, 0.05) is 0 Å². The zero-order chi connectivity index (χ0) is 55.1. The van der Waals surface area contributed by atoms with Gasteiger partial charge in [0.15, 0.2) is 25.2 Å². The molecule has 14 N–H and O–H groups in total. The molecule has 0 aromatic rings. The van der Waals surface area contributed by atoms with Crippen LogP contribution in [-0.4, -0.2) is 232 Å². The van der Waals surface area contributed by atoms with Crippen LogP contribution in [0.2, 0.25) is 0 Å². The Morgan fingerprint density at radius 2 is 1.16 bits per heavy atom. The van der Waals surface area contributed by atoms with Crippen LogP contribution in [-0.2, 0) is 37.9 Å². The van der Waals surface area contributed by atoms with E-state index in [-0.39, 0.29) is 41.1 Å². The molecule has 0 unspecified atom stereocenters. The van der Waals surface area contributed by atoms with Crippen LogP contribution < -0.4 is 0 Å². The Hall–Kier alpha value is -1.14. The molecule has 0 bridgehead atoms. The van der Waals surface area contributed by atoms with Crippen molar-refractivity contribution in [3.05, 3.63) is 11.6 Å². The maximum Gasteiger partial charge on any atom is 0.187 e. The molecule has 0 spiro atoms. The van der Waals surface area contributed by atoms with Gasteiger partial charge in [-0.05, 0) is 124 Å². The number of ether oxygens (including phenoxy) is 8. The fraction of sp³-hybridized carbons (Fsp3) is 0.962. The SMILES string of the molecule is CC(C)=CCC[C@@](C)(O[C@@H]1O[C@H](CO[C@@H]2OC[C@@H](O)[C@H](O)[C@H]2O)[C@@H](O)[C@H](O)[C@H]1O)[C@H]1CC[C@@]2(C)[C@@H]1[C@H](O)C[C@H]1[C@@]3(C)CC[C@H](O[C@@H]4O[C@H](CO)[C@@H](O)[C@H](O)[C@H]4O[C@@H]4O[C@H](CO)[C@@H](O)[C@H](O)[C@H]4O)C(C)(C)[C@H]3CC[C@]12C. The van der Waals surface area contributed by atoms with Crippen molar-refractivity contribution in [1.82, 2.24) is 0 Å². The van der Waals surface area contributed by atoms with Crippen LogP contribution in [0.15, 0.2) is 11.6 Å². The predicted molar refractivity (Wildman–Crippen MR) is 260 cm³/mol. The van der Waals surface area contributed by atoms with Gasteiger partial charge in [-0.1, -0.05) is 46.3 Å². The number of allylic oxidation sites excluding steroid dienone is 2. The van der Waals surface area contributed by atoms with Crippen LogP contribution in [0, 0.1) is 45.3 Å². The van der Waals surface area contributed by atoms with Gasteiger partial charge in [-0.15, -0.1) is 0 Å². The normalized spacial score (nSPS) is 52.7. The third-order valence-corrected chi connectivity index (χ3v) is 20.5. The van der Waals surface area contributed by atoms with Crippen molar-refractivity contribution >= 4 is 0 Å². The summed E-state index contributed by atoms with van der Waals surface area (Å²) < 4.78 is 48.8. The van der Waals surface area contributed by atoms with Gasteiger partial charge in [0.25, 0.3) is 0 Å². The first-order chi connectivity index (χ1) is 35.1. The maximum absolute atomic E-state index is 12.8. The molecule has 4 aliphatic heterocycles. The Morgan fingerprint density at radius 3 is 1.80 bits per heavy atom. The highest BCUT2D eigenvalue weighted by Gasteiger charge is 2.72. The number of aliphatic hydroxyl groups is 14. The molecular weight excluding hydrogens is 989 g/mol. The second kappa shape index (κ2) is 22.7. The third-order valence-electron chi connectivity index (χ3n) is 20.5. The summed E-state index contributed by atoms with van der Waals surface area (Å²) in [6, 6.07) is 0. The average molecular weight is 1080 g/mol. The molecule has 8 aliphatic rings. The Labute approximate surface area is 439 Å². The van der Waals surface area contributed by atoms with Crippen molar-refractivity contribution in [2.45, 2.75) is 248 Å². The molecule has 4 saturated carbocycles. The summed E-state index contributed by atoms with van der Waals surface area (Å²) in [5.41, 5.74) is -1.48. The fourth-order valence-electron chi connectivity index (χ4n) is 16.0. The molecule has 0 aromatic heterocycles. The van der Waals surface area contributed by atoms with E-state index in [0.29, 0.717) is 38.5 Å². The van der Waals surface area contributed by atoms with Crippen molar-refractivity contribution in [1.29, 1.82) is 0 Å². The van der Waals surface area contributed by atoms with Gasteiger partial charge in [0.05, 0.1) is 44.2 Å². The molecule has 4 saturated heterocycles. The van der Waals surface area contributed by atoms with Gasteiger partial charge < -0.3 is 109 Å². The van der Waals surface area contributed by atoms with Crippen LogP contribution in [0.25, 0.3) is 0 Å². The highest BCUT2D eigenvalue weighted by atomic mass is 16.8. The van der Waals surface area contributed by atoms with Gasteiger partial charge in [0.2, 0.25) is 0 Å². The minimum absolute atomic E-state index is 0.0508. The van der Waals surface area contributed by atoms with Crippen molar-refractivity contribution in [2.24, 2.45) is 45.3 Å². The molecule has 0 amide bonds. The van der Waals surface area contributed by atoms with Crippen LogP contribution in [0.3, 0.4) is 0 Å². The van der Waals surface area contributed by atoms with Crippen LogP contribution in [0.5, 0.6) is 0 Å². The summed E-state index contributed by atoms with van der Waals surface area (Å²) in [7, 11) is 0. The van der Waals surface area contributed by atoms with Crippen molar-refractivity contribution < 1.29 is 109 Å². The smallest absolute Gasteiger partial charge is 0.187 e. The Kier molecular flexibility index (Phi) is 18.1. The number of rotatable bonds is 15. The number of hydrogen-bond acceptors (Lipinski definition) is 22.